The molecule has 0 aliphatic carbocycles. The van der Waals surface area contributed by atoms with Crippen LogP contribution in [-0.2, 0) is 0 Å². The lowest BCUT2D eigenvalue weighted by Gasteiger charge is -2.10. The molecule has 0 unspecified atom stereocenters. The molecule has 242 valence electrons. The van der Waals surface area contributed by atoms with Crippen LogP contribution in [0.5, 0.6) is 0 Å². The van der Waals surface area contributed by atoms with Gasteiger partial charge in [0.05, 0.1) is 15.9 Å². The number of pyridine rings is 1. The quantitative estimate of drug-likeness (QED) is 0.184. The number of nitrogens with zero attached hydrogens (tertiary/aromatic N) is 4. The van der Waals surface area contributed by atoms with E-state index in [0.717, 1.165) is 38.9 Å². The topological polar surface area (TPSA) is 51.6 Å². The molecule has 0 saturated carbocycles. The van der Waals surface area contributed by atoms with Crippen molar-refractivity contribution in [2.45, 2.75) is 0 Å². The summed E-state index contributed by atoms with van der Waals surface area (Å²) in [4.78, 5) is 20.8. The molecule has 0 aliphatic rings. The minimum Gasteiger partial charge on any atom is -0.246 e. The second kappa shape index (κ2) is 11.6. The average Bonchev–Trinajstić information content (AvgIpc) is 3.79. The minimum absolute atomic E-state index is 0.649. The summed E-state index contributed by atoms with van der Waals surface area (Å²) in [6.07, 6.45) is 0. The van der Waals surface area contributed by atoms with Gasteiger partial charge in [-0.25, -0.2) is 19.9 Å². The summed E-state index contributed by atoms with van der Waals surface area (Å²) in [6, 6.07) is 55.4. The lowest BCUT2D eigenvalue weighted by molar-refractivity contribution is 1.08. The van der Waals surface area contributed by atoms with Gasteiger partial charge in [0.2, 0.25) is 0 Å². The summed E-state index contributed by atoms with van der Waals surface area (Å²) in [6.45, 7) is 0. The van der Waals surface area contributed by atoms with Gasteiger partial charge < -0.3 is 0 Å². The van der Waals surface area contributed by atoms with E-state index in [2.05, 4.69) is 140 Å². The first-order chi connectivity index (χ1) is 25.8. The molecule has 11 rings (SSSR count). The van der Waals surface area contributed by atoms with Gasteiger partial charge in [0, 0.05) is 63.3 Å². The Morgan fingerprint density at radius 3 is 1.90 bits per heavy atom. The molecule has 6 heteroatoms. The van der Waals surface area contributed by atoms with Crippen molar-refractivity contribution in [2.24, 2.45) is 0 Å². The molecule has 0 amide bonds. The van der Waals surface area contributed by atoms with Gasteiger partial charge >= 0.3 is 0 Å². The first-order valence-electron chi connectivity index (χ1n) is 17.2. The van der Waals surface area contributed by atoms with E-state index in [1.807, 2.05) is 18.2 Å². The van der Waals surface area contributed by atoms with Crippen LogP contribution in [0, 0.1) is 0 Å². The van der Waals surface area contributed by atoms with Crippen LogP contribution in [0.3, 0.4) is 0 Å². The monoisotopic (exact) mass is 698 g/mol. The predicted molar refractivity (Wildman–Crippen MR) is 220 cm³/mol. The summed E-state index contributed by atoms with van der Waals surface area (Å²) in [5.74, 6) is 1.97. The summed E-state index contributed by atoms with van der Waals surface area (Å²) >= 11 is 3.59. The molecule has 0 radical (unpaired) electrons. The minimum atomic E-state index is 0.649. The van der Waals surface area contributed by atoms with Gasteiger partial charge in [-0.2, -0.15) is 0 Å². The van der Waals surface area contributed by atoms with E-state index in [-0.39, 0.29) is 0 Å². The Labute approximate surface area is 306 Å². The molecule has 4 heterocycles. The highest BCUT2D eigenvalue weighted by Crippen LogP contribution is 2.45. The van der Waals surface area contributed by atoms with Crippen LogP contribution in [0.4, 0.5) is 0 Å². The van der Waals surface area contributed by atoms with E-state index in [1.165, 1.54) is 51.1 Å². The number of benzene rings is 7. The third kappa shape index (κ3) is 4.58. The summed E-state index contributed by atoms with van der Waals surface area (Å²) in [5, 5.41) is 8.40. The van der Waals surface area contributed by atoms with Gasteiger partial charge in [0.1, 0.15) is 0 Å². The smallest absolute Gasteiger partial charge is 0.165 e. The van der Waals surface area contributed by atoms with Crippen LogP contribution in [0.1, 0.15) is 0 Å². The van der Waals surface area contributed by atoms with Gasteiger partial charge in [-0.15, -0.1) is 22.7 Å². The third-order valence-corrected chi connectivity index (χ3v) is 12.3. The largest absolute Gasteiger partial charge is 0.246 e. The first-order valence-corrected chi connectivity index (χ1v) is 18.9. The molecule has 52 heavy (non-hydrogen) atoms. The van der Waals surface area contributed by atoms with E-state index < -0.39 is 0 Å². The van der Waals surface area contributed by atoms with Crippen LogP contribution in [0.15, 0.2) is 158 Å². The van der Waals surface area contributed by atoms with Gasteiger partial charge in [0.15, 0.2) is 17.5 Å². The number of rotatable bonds is 4. The number of aromatic nitrogens is 4. The molecule has 11 aromatic rings. The Morgan fingerprint density at radius 1 is 0.365 bits per heavy atom. The van der Waals surface area contributed by atoms with Crippen molar-refractivity contribution in [3.63, 3.8) is 0 Å². The van der Waals surface area contributed by atoms with E-state index in [1.54, 1.807) is 22.7 Å². The van der Waals surface area contributed by atoms with E-state index in [9.17, 15) is 0 Å². The second-order valence-electron chi connectivity index (χ2n) is 13.0. The summed E-state index contributed by atoms with van der Waals surface area (Å²) < 4.78 is 4.81. The number of hydrogen-bond acceptors (Lipinski definition) is 6. The first kappa shape index (κ1) is 29.4. The van der Waals surface area contributed by atoms with Gasteiger partial charge in [-0.05, 0) is 47.2 Å². The molecule has 0 bridgehead atoms. The molecule has 4 aromatic heterocycles. The number of fused-ring (bicyclic) bond motifs is 9. The van der Waals surface area contributed by atoms with Gasteiger partial charge in [-0.1, -0.05) is 121 Å². The highest BCUT2D eigenvalue weighted by atomic mass is 32.1. The highest BCUT2D eigenvalue weighted by molar-refractivity contribution is 7.26. The maximum atomic E-state index is 5.31. The summed E-state index contributed by atoms with van der Waals surface area (Å²) in [5.41, 5.74) is 6.05. The SMILES string of the molecule is c1ccc(-c2nc(-c3ccc4sc5c(-c6cccc7ccccc67)nc6ccccc6c5c4c3)nc(-c3cccc4c3sc3ccccc34)n2)cc1. The van der Waals surface area contributed by atoms with Crippen LogP contribution < -0.4 is 0 Å². The van der Waals surface area contributed by atoms with Crippen molar-refractivity contribution in [2.75, 3.05) is 0 Å². The average molecular weight is 699 g/mol. The van der Waals surface area contributed by atoms with Gasteiger partial charge in [-0.3, -0.25) is 0 Å². The second-order valence-corrected chi connectivity index (χ2v) is 15.1. The molecule has 0 saturated heterocycles. The molecule has 0 atom stereocenters. The summed E-state index contributed by atoms with van der Waals surface area (Å²) in [7, 11) is 0. The number of thiophene rings is 2. The maximum absolute atomic E-state index is 5.31. The predicted octanol–water partition coefficient (Wildman–Crippen LogP) is 13.0. The fourth-order valence-electron chi connectivity index (χ4n) is 7.50. The normalized spacial score (nSPS) is 11.8. The third-order valence-electron chi connectivity index (χ3n) is 9.92. The standard InChI is InChI=1S/C46H26N4S2/c1-2-13-28(14-3-1)44-48-45(50-46(49-44)35-21-11-20-33-31-17-7-9-23-38(31)51-42(33)35)29-24-25-39-36(26-29)40-34-18-6-8-22-37(34)47-41(43(40)52-39)32-19-10-15-27-12-4-5-16-30(27)32/h1-26H. The highest BCUT2D eigenvalue weighted by Gasteiger charge is 2.20. The van der Waals surface area contributed by atoms with Gasteiger partial charge in [0.25, 0.3) is 0 Å². The molecular formula is C46H26N4S2. The van der Waals surface area contributed by atoms with Crippen molar-refractivity contribution in [1.82, 2.24) is 19.9 Å². The van der Waals surface area contributed by atoms with Crippen LogP contribution >= 0.6 is 22.7 Å². The number of para-hydroxylation sites is 1. The maximum Gasteiger partial charge on any atom is 0.165 e. The van der Waals surface area contributed by atoms with Crippen LogP contribution in [0.2, 0.25) is 0 Å². The van der Waals surface area contributed by atoms with Crippen LogP contribution in [0.25, 0.3) is 107 Å². The Kier molecular flexibility index (Phi) is 6.56. The lowest BCUT2D eigenvalue weighted by atomic mass is 9.98. The molecule has 4 nitrogen and oxygen atoms in total. The lowest BCUT2D eigenvalue weighted by Crippen LogP contribution is -2.00. The molecular weight excluding hydrogens is 673 g/mol. The Morgan fingerprint density at radius 2 is 1.00 bits per heavy atom. The molecule has 7 aromatic carbocycles. The van der Waals surface area contributed by atoms with Crippen molar-refractivity contribution >= 4 is 84.7 Å². The van der Waals surface area contributed by atoms with Crippen molar-refractivity contribution in [3.05, 3.63) is 158 Å². The van der Waals surface area contributed by atoms with Crippen molar-refractivity contribution in [3.8, 4) is 45.4 Å². The molecule has 0 spiro atoms. The van der Waals surface area contributed by atoms with E-state index in [4.69, 9.17) is 19.9 Å². The Hall–Kier alpha value is -6.34. The van der Waals surface area contributed by atoms with E-state index in [0.29, 0.717) is 17.5 Å². The van der Waals surface area contributed by atoms with E-state index >= 15 is 0 Å². The zero-order chi connectivity index (χ0) is 34.2. The molecule has 0 N–H and O–H groups in total. The number of hydrogen-bond donors (Lipinski definition) is 0. The zero-order valence-corrected chi connectivity index (χ0v) is 29.2. The Balaban J connectivity index is 1.17. The fourth-order valence-corrected chi connectivity index (χ4v) is 9.92. The van der Waals surface area contributed by atoms with Crippen molar-refractivity contribution in [1.29, 1.82) is 0 Å². The van der Waals surface area contributed by atoms with Crippen LogP contribution in [-0.4, -0.2) is 19.9 Å². The molecule has 0 aliphatic heterocycles. The molecule has 0 fully saturated rings. The van der Waals surface area contributed by atoms with Crippen molar-refractivity contribution < 1.29 is 0 Å². The fraction of sp³-hybridized carbons (Fsp3) is 0. The zero-order valence-electron chi connectivity index (χ0n) is 27.6. The Bertz CT molecular complexity index is 3190.